The van der Waals surface area contributed by atoms with E-state index in [9.17, 15) is 19.0 Å². The summed E-state index contributed by atoms with van der Waals surface area (Å²) in [6.07, 6.45) is 71.4. The van der Waals surface area contributed by atoms with Crippen molar-refractivity contribution >= 4 is 19.7 Å². The van der Waals surface area contributed by atoms with Gasteiger partial charge in [0.05, 0.1) is 33.8 Å². The molecule has 0 aromatic rings. The Kier molecular flexibility index (Phi) is 52.5. The molecular formula is C65H118N2O7P+. The van der Waals surface area contributed by atoms with E-state index in [-0.39, 0.29) is 31.5 Å². The third kappa shape index (κ3) is 55.7. The lowest BCUT2D eigenvalue weighted by atomic mass is 10.0. The third-order valence-corrected chi connectivity index (χ3v) is 14.3. The van der Waals surface area contributed by atoms with Crippen molar-refractivity contribution in [3.05, 3.63) is 85.1 Å². The quantitative estimate of drug-likeness (QED) is 0.0205. The monoisotopic (exact) mass is 1070 g/mol. The first-order valence-electron chi connectivity index (χ1n) is 30.9. The molecule has 9 nitrogen and oxygen atoms in total. The van der Waals surface area contributed by atoms with E-state index in [4.69, 9.17) is 13.8 Å². The molecule has 1 amide bonds. The summed E-state index contributed by atoms with van der Waals surface area (Å²) in [6, 6.07) is -0.864. The molecule has 0 rings (SSSR count). The van der Waals surface area contributed by atoms with Gasteiger partial charge in [-0.25, -0.2) is 4.57 Å². The molecule has 0 fully saturated rings. The first kappa shape index (κ1) is 72.2. The van der Waals surface area contributed by atoms with Crippen LogP contribution in [0.1, 0.15) is 265 Å². The molecule has 0 saturated carbocycles. The van der Waals surface area contributed by atoms with Gasteiger partial charge in [0, 0.05) is 12.8 Å². The van der Waals surface area contributed by atoms with E-state index in [0.717, 1.165) is 122 Å². The van der Waals surface area contributed by atoms with Gasteiger partial charge in [0.15, 0.2) is 0 Å². The highest BCUT2D eigenvalue weighted by atomic mass is 31.2. The Morgan fingerprint density at radius 3 is 1.31 bits per heavy atom. The number of allylic oxidation sites excluding steroid dienone is 13. The number of quaternary nitrogens is 1. The molecule has 0 heterocycles. The van der Waals surface area contributed by atoms with Crippen LogP contribution in [0.15, 0.2) is 85.1 Å². The van der Waals surface area contributed by atoms with Gasteiger partial charge < -0.3 is 19.4 Å². The number of unbranched alkanes of at least 4 members (excludes halogenated alkanes) is 27. The predicted molar refractivity (Wildman–Crippen MR) is 323 cm³/mol. The number of carbonyl (C=O) groups excluding carboxylic acids is 2. The van der Waals surface area contributed by atoms with Crippen molar-refractivity contribution in [1.29, 1.82) is 0 Å². The number of phosphoric acid groups is 1. The van der Waals surface area contributed by atoms with Crippen LogP contribution in [0, 0.1) is 0 Å². The summed E-state index contributed by atoms with van der Waals surface area (Å²) in [5.74, 6) is -0.532. The lowest BCUT2D eigenvalue weighted by molar-refractivity contribution is -0.870. The van der Waals surface area contributed by atoms with Crippen LogP contribution in [-0.2, 0) is 27.9 Å². The molecule has 3 atom stereocenters. The zero-order valence-corrected chi connectivity index (χ0v) is 50.4. The fraction of sp³-hybridized carbons (Fsp3) is 0.754. The number of ether oxygens (including phenoxy) is 1. The number of amides is 1. The third-order valence-electron chi connectivity index (χ3n) is 13.3. The van der Waals surface area contributed by atoms with Gasteiger partial charge in [-0.15, -0.1) is 0 Å². The van der Waals surface area contributed by atoms with Crippen LogP contribution in [0.3, 0.4) is 0 Å². The SMILES string of the molecule is CC/C=C\C/C=C\C/C=C\C/C=C\C/C=C\CCCCCCCC(=O)NC(COP(=O)(O)OCC[N+](C)(C)C)C(/C=C\CCCCCCCCCCCCC)OC(=O)CCCCCCCCC/C=C\CCCCCC. The summed E-state index contributed by atoms with van der Waals surface area (Å²) in [5.41, 5.74) is 0. The average molecular weight is 1070 g/mol. The Labute approximate surface area is 463 Å². The molecular weight excluding hydrogens is 952 g/mol. The van der Waals surface area contributed by atoms with Gasteiger partial charge in [-0.05, 0) is 102 Å². The van der Waals surface area contributed by atoms with Gasteiger partial charge in [0.1, 0.15) is 19.3 Å². The van der Waals surface area contributed by atoms with E-state index in [2.05, 4.69) is 99.0 Å². The van der Waals surface area contributed by atoms with Crippen molar-refractivity contribution in [2.75, 3.05) is 40.9 Å². The van der Waals surface area contributed by atoms with E-state index in [1.54, 1.807) is 0 Å². The molecule has 75 heavy (non-hydrogen) atoms. The highest BCUT2D eigenvalue weighted by molar-refractivity contribution is 7.47. The van der Waals surface area contributed by atoms with Gasteiger partial charge in [-0.3, -0.25) is 18.6 Å². The summed E-state index contributed by atoms with van der Waals surface area (Å²) >= 11 is 0. The van der Waals surface area contributed by atoms with Crippen LogP contribution in [0.4, 0.5) is 0 Å². The summed E-state index contributed by atoms with van der Waals surface area (Å²) < 4.78 is 30.7. The number of carbonyl (C=O) groups is 2. The number of phosphoric ester groups is 1. The smallest absolute Gasteiger partial charge is 0.456 e. The predicted octanol–water partition coefficient (Wildman–Crippen LogP) is 19.0. The Morgan fingerprint density at radius 1 is 0.480 bits per heavy atom. The topological polar surface area (TPSA) is 111 Å². The molecule has 3 unspecified atom stereocenters. The van der Waals surface area contributed by atoms with Crippen molar-refractivity contribution < 1.29 is 37.3 Å². The second-order valence-electron chi connectivity index (χ2n) is 21.8. The van der Waals surface area contributed by atoms with Crippen LogP contribution >= 0.6 is 7.82 Å². The minimum Gasteiger partial charge on any atom is -0.456 e. The van der Waals surface area contributed by atoms with Gasteiger partial charge in [-0.2, -0.15) is 0 Å². The summed E-state index contributed by atoms with van der Waals surface area (Å²) in [6.45, 7) is 6.87. The molecule has 0 saturated heterocycles. The molecule has 434 valence electrons. The lowest BCUT2D eigenvalue weighted by Gasteiger charge is -2.27. The summed E-state index contributed by atoms with van der Waals surface area (Å²) in [5, 5.41) is 3.05. The van der Waals surface area contributed by atoms with E-state index in [0.29, 0.717) is 17.4 Å². The highest BCUT2D eigenvalue weighted by Crippen LogP contribution is 2.43. The molecule has 0 bridgehead atoms. The van der Waals surface area contributed by atoms with Gasteiger partial charge in [0.25, 0.3) is 0 Å². The van der Waals surface area contributed by atoms with Crippen molar-refractivity contribution in [3.63, 3.8) is 0 Å². The van der Waals surface area contributed by atoms with E-state index >= 15 is 0 Å². The molecule has 0 aliphatic carbocycles. The van der Waals surface area contributed by atoms with Crippen LogP contribution in [-0.4, -0.2) is 74.3 Å². The number of hydrogen-bond donors (Lipinski definition) is 2. The molecule has 0 aromatic heterocycles. The zero-order chi connectivity index (χ0) is 55.0. The highest BCUT2D eigenvalue weighted by Gasteiger charge is 2.30. The Morgan fingerprint density at radius 2 is 0.853 bits per heavy atom. The molecule has 10 heteroatoms. The first-order chi connectivity index (χ1) is 36.4. The lowest BCUT2D eigenvalue weighted by Crippen LogP contribution is -2.47. The Hall–Kier alpha value is -2.81. The van der Waals surface area contributed by atoms with E-state index in [1.165, 1.54) is 109 Å². The summed E-state index contributed by atoms with van der Waals surface area (Å²) in [4.78, 5) is 37.7. The van der Waals surface area contributed by atoms with Crippen molar-refractivity contribution in [2.45, 2.75) is 277 Å². The molecule has 0 radical (unpaired) electrons. The largest absolute Gasteiger partial charge is 0.472 e. The molecule has 0 spiro atoms. The fourth-order valence-corrected chi connectivity index (χ4v) is 9.29. The normalized spacial score (nSPS) is 14.3. The molecule has 0 aliphatic rings. The van der Waals surface area contributed by atoms with Crippen LogP contribution < -0.4 is 5.32 Å². The second kappa shape index (κ2) is 54.5. The second-order valence-corrected chi connectivity index (χ2v) is 23.3. The minimum absolute atomic E-state index is 0.0322. The molecule has 0 aliphatic heterocycles. The average Bonchev–Trinajstić information content (AvgIpc) is 3.37. The number of esters is 1. The molecule has 0 aromatic carbocycles. The first-order valence-corrected chi connectivity index (χ1v) is 32.4. The van der Waals surface area contributed by atoms with Gasteiger partial charge in [0.2, 0.25) is 5.91 Å². The van der Waals surface area contributed by atoms with Crippen LogP contribution in [0.2, 0.25) is 0 Å². The van der Waals surface area contributed by atoms with Crippen LogP contribution in [0.5, 0.6) is 0 Å². The number of likely N-dealkylation sites (N-methyl/N-ethyl adjacent to an activating group) is 1. The minimum atomic E-state index is -4.46. The van der Waals surface area contributed by atoms with Crippen LogP contribution in [0.25, 0.3) is 0 Å². The van der Waals surface area contributed by atoms with Crippen molar-refractivity contribution in [2.24, 2.45) is 0 Å². The van der Waals surface area contributed by atoms with E-state index in [1.807, 2.05) is 33.3 Å². The summed E-state index contributed by atoms with van der Waals surface area (Å²) in [7, 11) is 1.47. The standard InChI is InChI=1S/C65H117N2O7P/c1-7-10-13-16-19-22-25-28-30-31-32-33-34-35-37-39-42-45-48-51-54-57-64(68)66-62(61-73-75(70,71)72-60-59-67(4,5)6)63(56-53-50-47-44-41-38-27-24-21-18-15-12-9-3)74-65(69)58-55-52-49-46-43-40-36-29-26-23-20-17-14-11-8-2/h10,13,19,22-23,26,28,30,32-33,35,37,53,56,62-63H,7-9,11-12,14-18,20-21,24-25,27,29,31,34,36,38-52,54-55,57-61H2,1-6H3,(H-,66,68,70,71)/p+1/b13-10-,22-19-,26-23-,30-28-,33-32-,37-35-,56-53-. The number of nitrogens with zero attached hydrogens (tertiary/aromatic N) is 1. The fourth-order valence-electron chi connectivity index (χ4n) is 8.55. The van der Waals surface area contributed by atoms with Gasteiger partial charge >= 0.3 is 13.8 Å². The Balaban J connectivity index is 5.33. The van der Waals surface area contributed by atoms with E-state index < -0.39 is 20.0 Å². The maximum atomic E-state index is 13.5. The molecule has 2 N–H and O–H groups in total. The number of rotatable bonds is 55. The van der Waals surface area contributed by atoms with Crippen molar-refractivity contribution in [1.82, 2.24) is 5.32 Å². The van der Waals surface area contributed by atoms with Gasteiger partial charge in [-0.1, -0.05) is 235 Å². The maximum absolute atomic E-state index is 13.5. The maximum Gasteiger partial charge on any atom is 0.472 e. The Bertz CT molecular complexity index is 1560. The number of nitrogens with one attached hydrogen (secondary N) is 1. The van der Waals surface area contributed by atoms with Crippen molar-refractivity contribution in [3.8, 4) is 0 Å². The number of hydrogen-bond acceptors (Lipinski definition) is 6. The zero-order valence-electron chi connectivity index (χ0n) is 49.5.